The first-order valence-corrected chi connectivity index (χ1v) is 21.8. The summed E-state index contributed by atoms with van der Waals surface area (Å²) < 4.78 is 0. The van der Waals surface area contributed by atoms with Gasteiger partial charge in [-0.25, -0.2) is 14.4 Å². The number of aliphatic carboxylic acids is 4. The highest BCUT2D eigenvalue weighted by molar-refractivity contribution is 5.87. The van der Waals surface area contributed by atoms with Gasteiger partial charge < -0.3 is 51.8 Å². The van der Waals surface area contributed by atoms with Crippen LogP contribution in [-0.2, 0) is 43.2 Å². The van der Waals surface area contributed by atoms with E-state index >= 15 is 0 Å². The lowest BCUT2D eigenvalue weighted by atomic mass is 9.91. The van der Waals surface area contributed by atoms with Gasteiger partial charge >= 0.3 is 23.9 Å². The van der Waals surface area contributed by atoms with Crippen LogP contribution < -0.4 is 26.6 Å². The Bertz CT molecular complexity index is 1320. The van der Waals surface area contributed by atoms with Crippen LogP contribution in [0.4, 0.5) is 0 Å². The third-order valence-corrected chi connectivity index (χ3v) is 10.7. The molecule has 0 heterocycles. The predicted octanol–water partition coefficient (Wildman–Crippen LogP) is 4.22. The number of hydrogen-bond acceptors (Lipinski definition) is 10. The molecule has 4 atom stereocenters. The second kappa shape index (κ2) is 34.1. The van der Waals surface area contributed by atoms with Gasteiger partial charge in [-0.2, -0.15) is 0 Å². The summed E-state index contributed by atoms with van der Waals surface area (Å²) in [5, 5.41) is 50.0. The maximum atomic E-state index is 12.5. The van der Waals surface area contributed by atoms with Crippen molar-refractivity contribution in [3.8, 4) is 0 Å². The molecule has 0 aromatic heterocycles. The van der Waals surface area contributed by atoms with E-state index in [2.05, 4.69) is 26.6 Å². The second-order valence-electron chi connectivity index (χ2n) is 15.5. The third-order valence-electron chi connectivity index (χ3n) is 10.7. The lowest BCUT2D eigenvalue weighted by molar-refractivity contribution is -0.144. The lowest BCUT2D eigenvalue weighted by Crippen LogP contribution is -2.45. The molecule has 0 aliphatic carbocycles. The molecule has 60 heavy (non-hydrogen) atoms. The molecule has 0 bridgehead atoms. The highest BCUT2D eigenvalue weighted by Crippen LogP contribution is 2.16. The zero-order valence-corrected chi connectivity index (χ0v) is 35.9. The van der Waals surface area contributed by atoms with Crippen molar-refractivity contribution < 1.29 is 63.6 Å². The molecule has 0 aliphatic rings. The molecular formula is C42H73N5O13. The van der Waals surface area contributed by atoms with E-state index in [0.29, 0.717) is 38.6 Å². The van der Waals surface area contributed by atoms with Crippen LogP contribution in [0.1, 0.15) is 174 Å². The zero-order chi connectivity index (χ0) is 45.2. The molecule has 0 aliphatic heterocycles. The molecule has 0 aromatic carbocycles. The Labute approximate surface area is 354 Å². The second-order valence-corrected chi connectivity index (χ2v) is 15.5. The van der Waals surface area contributed by atoms with Gasteiger partial charge in [-0.3, -0.25) is 24.0 Å². The summed E-state index contributed by atoms with van der Waals surface area (Å²) in [5.74, 6) is -7.43. The van der Waals surface area contributed by atoms with Crippen molar-refractivity contribution in [2.45, 2.75) is 198 Å². The van der Waals surface area contributed by atoms with E-state index < -0.39 is 90.4 Å². The van der Waals surface area contributed by atoms with E-state index in [-0.39, 0.29) is 32.1 Å². The van der Waals surface area contributed by atoms with E-state index in [1.54, 1.807) is 7.05 Å². The van der Waals surface area contributed by atoms with Crippen LogP contribution in [0.5, 0.6) is 0 Å². The molecule has 0 radical (unpaired) electrons. The fourth-order valence-corrected chi connectivity index (χ4v) is 6.64. The van der Waals surface area contributed by atoms with Gasteiger partial charge in [0.25, 0.3) is 0 Å². The van der Waals surface area contributed by atoms with Crippen molar-refractivity contribution in [1.29, 1.82) is 0 Å². The largest absolute Gasteiger partial charge is 0.481 e. The van der Waals surface area contributed by atoms with Crippen LogP contribution in [-0.4, -0.2) is 111 Å². The molecule has 344 valence electrons. The summed E-state index contributed by atoms with van der Waals surface area (Å²) in [4.78, 5) is 107. The van der Waals surface area contributed by atoms with Gasteiger partial charge in [0.15, 0.2) is 0 Å². The highest BCUT2D eigenvalue weighted by Gasteiger charge is 2.27. The Hall–Kier alpha value is -4.61. The monoisotopic (exact) mass is 856 g/mol. The molecule has 4 amide bonds. The fourth-order valence-electron chi connectivity index (χ4n) is 6.64. The van der Waals surface area contributed by atoms with E-state index in [1.807, 2.05) is 6.92 Å². The van der Waals surface area contributed by atoms with Gasteiger partial charge in [0.1, 0.15) is 24.4 Å². The lowest BCUT2D eigenvalue weighted by Gasteiger charge is -2.25. The topological polar surface area (TPSA) is 295 Å². The van der Waals surface area contributed by atoms with Gasteiger partial charge in [-0.05, 0) is 64.8 Å². The molecule has 0 fully saturated rings. The summed E-state index contributed by atoms with van der Waals surface area (Å²) >= 11 is 0. The van der Waals surface area contributed by atoms with Crippen molar-refractivity contribution in [3.05, 3.63) is 0 Å². The fraction of sp³-hybridized carbons (Fsp3) is 0.786. The Morgan fingerprint density at radius 2 is 0.833 bits per heavy atom. The van der Waals surface area contributed by atoms with Crippen LogP contribution >= 0.6 is 0 Å². The van der Waals surface area contributed by atoms with Gasteiger partial charge in [0, 0.05) is 38.6 Å². The van der Waals surface area contributed by atoms with E-state index in [9.17, 15) is 58.5 Å². The van der Waals surface area contributed by atoms with E-state index in [4.69, 9.17) is 5.11 Å². The zero-order valence-electron chi connectivity index (χ0n) is 35.9. The number of hydrogen-bond donors (Lipinski definition) is 9. The number of unbranched alkanes of at least 4 members (excludes halogenated alkanes) is 14. The normalized spacial score (nSPS) is 13.5. The van der Waals surface area contributed by atoms with E-state index in [1.165, 1.54) is 25.7 Å². The number of aldehydes is 1. The summed E-state index contributed by atoms with van der Waals surface area (Å²) in [6, 6.07) is -4.32. The van der Waals surface area contributed by atoms with Crippen molar-refractivity contribution in [1.82, 2.24) is 26.6 Å². The standard InChI is InChI=1S/C42H73N5O13/c1-3-42(30-48,43-2)28-18-19-29-44-34(49)25-22-31(39(55)56)46-36(51)27-24-33(41(59)60)47-37(52)26-23-32(40(57)58)45-35(50)20-16-14-12-10-8-6-4-5-7-9-11-13-15-17-21-38(53)54/h30-33,43H,3-29H2,1-2H3,(H,44,49)(H,45,50)(H,46,51)(H,47,52)(H,53,54)(H,55,56)(H,57,58)(H,59,60)/t31-,32-,33-,42-/m0/s1. The van der Waals surface area contributed by atoms with Crippen molar-refractivity contribution in [2.24, 2.45) is 0 Å². The highest BCUT2D eigenvalue weighted by atomic mass is 16.4. The van der Waals surface area contributed by atoms with Crippen LogP contribution in [0, 0.1) is 0 Å². The Kier molecular flexibility index (Phi) is 31.5. The van der Waals surface area contributed by atoms with Crippen LogP contribution in [0.25, 0.3) is 0 Å². The smallest absolute Gasteiger partial charge is 0.326 e. The molecular weight excluding hydrogens is 782 g/mol. The number of nitrogens with one attached hydrogen (secondary N) is 5. The molecule has 0 saturated heterocycles. The van der Waals surface area contributed by atoms with Crippen molar-refractivity contribution in [2.75, 3.05) is 13.6 Å². The first-order valence-electron chi connectivity index (χ1n) is 21.8. The summed E-state index contributed by atoms with van der Waals surface area (Å²) in [6.45, 7) is 2.22. The quantitative estimate of drug-likeness (QED) is 0.0308. The van der Waals surface area contributed by atoms with Gasteiger partial charge in [-0.15, -0.1) is 0 Å². The Morgan fingerprint density at radius 3 is 1.17 bits per heavy atom. The third kappa shape index (κ3) is 28.8. The van der Waals surface area contributed by atoms with Crippen molar-refractivity contribution >= 4 is 53.8 Å². The van der Waals surface area contributed by atoms with Crippen LogP contribution in [0.15, 0.2) is 0 Å². The average Bonchev–Trinajstić information content (AvgIpc) is 3.20. The molecule has 18 heteroatoms. The molecule has 0 aromatic rings. The SMILES string of the molecule is CC[C@@](C=O)(CCCCNC(=O)CC[C@H](NC(=O)CC[C@H](NC(=O)CC[C@H](NC(=O)CCCCCCCCCCCCCCCCC(=O)O)C(=O)O)C(=O)O)C(=O)O)NC. The minimum absolute atomic E-state index is 0.132. The van der Waals surface area contributed by atoms with Gasteiger partial charge in [0.2, 0.25) is 23.6 Å². The number of amides is 4. The number of carboxylic acids is 4. The van der Waals surface area contributed by atoms with E-state index in [0.717, 1.165) is 64.1 Å². The summed E-state index contributed by atoms with van der Waals surface area (Å²) in [5.41, 5.74) is -0.614. The molecule has 18 nitrogen and oxygen atoms in total. The Morgan fingerprint density at radius 1 is 0.483 bits per heavy atom. The number of carbonyl (C=O) groups is 9. The molecule has 9 N–H and O–H groups in total. The summed E-state index contributed by atoms with van der Waals surface area (Å²) in [7, 11) is 1.71. The maximum Gasteiger partial charge on any atom is 0.326 e. The number of carbonyl (C=O) groups excluding carboxylic acids is 5. The number of carboxylic acid groups (broad SMARTS) is 4. The van der Waals surface area contributed by atoms with Crippen LogP contribution in [0.2, 0.25) is 0 Å². The predicted molar refractivity (Wildman–Crippen MR) is 223 cm³/mol. The first kappa shape index (κ1) is 55.4. The molecule has 0 spiro atoms. The first-order chi connectivity index (χ1) is 28.6. The van der Waals surface area contributed by atoms with Gasteiger partial charge in [-0.1, -0.05) is 84.0 Å². The minimum Gasteiger partial charge on any atom is -0.481 e. The van der Waals surface area contributed by atoms with Gasteiger partial charge in [0.05, 0.1) is 5.54 Å². The molecule has 0 rings (SSSR count). The Balaban J connectivity index is 4.40. The minimum atomic E-state index is -1.53. The number of likely N-dealkylation sites (N-methyl/N-ethyl adjacent to an activating group) is 1. The molecule has 0 unspecified atom stereocenters. The number of rotatable bonds is 40. The molecule has 0 saturated carbocycles. The maximum absolute atomic E-state index is 12.5. The van der Waals surface area contributed by atoms with Crippen LogP contribution in [0.3, 0.4) is 0 Å². The summed E-state index contributed by atoms with van der Waals surface area (Å²) in [6.07, 6.45) is 16.1. The van der Waals surface area contributed by atoms with Crippen molar-refractivity contribution in [3.63, 3.8) is 0 Å². The average molecular weight is 856 g/mol.